The highest BCUT2D eigenvalue weighted by atomic mass is 31.8. The summed E-state index contributed by atoms with van der Waals surface area (Å²) in [7, 11) is -6.74. The van der Waals surface area contributed by atoms with E-state index in [2.05, 4.69) is 8.53 Å². The van der Waals surface area contributed by atoms with Crippen LogP contribution in [0.2, 0.25) is 0 Å². The predicted molar refractivity (Wildman–Crippen MR) is 96.5 cm³/mol. The zero-order chi connectivity index (χ0) is 17.4. The Hall–Kier alpha value is 1.03. The van der Waals surface area contributed by atoms with Gasteiger partial charge in [-0.25, -0.2) is 4.31 Å². The molecule has 0 radical (unpaired) electrons. The molecule has 1 N–H and O–H groups in total. The third-order valence-electron chi connectivity index (χ3n) is 2.41. The van der Waals surface area contributed by atoms with E-state index in [4.69, 9.17) is 13.1 Å². The molecule has 10 heteroatoms. The van der Waals surface area contributed by atoms with Crippen molar-refractivity contribution in [3.8, 4) is 0 Å². The summed E-state index contributed by atoms with van der Waals surface area (Å²) in [5.41, 5.74) is 0. The van der Waals surface area contributed by atoms with Crippen LogP contribution in [-0.2, 0) is 22.3 Å². The van der Waals surface area contributed by atoms with Gasteiger partial charge in [0.1, 0.15) is 0 Å². The topological polar surface area (TPSA) is 82.1 Å². The van der Waals surface area contributed by atoms with Crippen LogP contribution in [-0.4, -0.2) is 29.5 Å². The van der Waals surface area contributed by atoms with Crippen LogP contribution in [0.4, 0.5) is 0 Å². The Labute approximate surface area is 136 Å². The van der Waals surface area contributed by atoms with E-state index >= 15 is 0 Å². The average molecular weight is 394 g/mol. The van der Waals surface area contributed by atoms with Crippen LogP contribution < -0.4 is 0 Å². The van der Waals surface area contributed by atoms with Gasteiger partial charge >= 0.3 is 15.2 Å². The number of hydrogen-bond acceptors (Lipinski definition) is 5. The van der Waals surface area contributed by atoms with Crippen molar-refractivity contribution in [2.75, 3.05) is 18.5 Å². The maximum atomic E-state index is 12.9. The normalized spacial score (nSPS) is 20.3. The monoisotopic (exact) mass is 394 g/mol. The second kappa shape index (κ2) is 10.1. The van der Waals surface area contributed by atoms with Crippen LogP contribution in [0.5, 0.6) is 0 Å². The number of rotatable bonds is 12. The number of hydrogen-bond donors (Lipinski definition) is 1. The minimum Gasteiger partial charge on any atom is -0.331 e. The van der Waals surface area contributed by atoms with E-state index < -0.39 is 22.2 Å². The van der Waals surface area contributed by atoms with Gasteiger partial charge < -0.3 is 9.42 Å². The highest BCUT2D eigenvalue weighted by Crippen LogP contribution is 2.73. The van der Waals surface area contributed by atoms with Gasteiger partial charge in [-0.15, -0.1) is 0 Å². The first kappa shape index (κ1) is 23.0. The van der Waals surface area contributed by atoms with Crippen molar-refractivity contribution in [3.05, 3.63) is 0 Å². The summed E-state index contributed by atoms with van der Waals surface area (Å²) >= 11 is 0. The Morgan fingerprint density at radius 1 is 0.955 bits per heavy atom. The molecule has 6 nitrogen and oxygen atoms in total. The van der Waals surface area contributed by atoms with Gasteiger partial charge in [0.05, 0.1) is 18.4 Å². The summed E-state index contributed by atoms with van der Waals surface area (Å²) in [6.45, 7) is 9.25. The lowest BCUT2D eigenvalue weighted by Crippen LogP contribution is -2.06. The summed E-state index contributed by atoms with van der Waals surface area (Å²) in [5.74, 6) is 0. The molecule has 0 aromatic rings. The lowest BCUT2D eigenvalue weighted by atomic mass is 10.5. The maximum absolute atomic E-state index is 12.9. The molecule has 0 aliphatic carbocycles. The smallest absolute Gasteiger partial charge is 0.331 e. The van der Waals surface area contributed by atoms with E-state index in [0.29, 0.717) is 19.0 Å². The average Bonchev–Trinajstić information content (AvgIpc) is 2.25. The van der Waals surface area contributed by atoms with E-state index in [0.717, 1.165) is 6.42 Å². The van der Waals surface area contributed by atoms with Gasteiger partial charge in [-0.1, -0.05) is 29.3 Å². The maximum Gasteiger partial charge on any atom is 0.343 e. The van der Waals surface area contributed by atoms with Crippen molar-refractivity contribution in [1.82, 2.24) is 0 Å². The third kappa shape index (κ3) is 9.36. The zero-order valence-electron chi connectivity index (χ0n) is 14.2. The second-order valence-corrected chi connectivity index (χ2v) is 14.2. The van der Waals surface area contributed by atoms with E-state index in [1.165, 1.54) is 0 Å². The van der Waals surface area contributed by atoms with Crippen molar-refractivity contribution >= 4 is 30.7 Å². The first-order valence-electron chi connectivity index (χ1n) is 7.66. The van der Waals surface area contributed by atoms with Crippen molar-refractivity contribution in [1.29, 1.82) is 0 Å². The molecule has 0 bridgehead atoms. The van der Waals surface area contributed by atoms with Gasteiger partial charge in [0.25, 0.3) is 0 Å². The molecule has 0 spiro atoms. The SMILES string of the molecule is CCCP(=O)(O)OP(=O)(CCC)OP(=P)(CCC)OC(C)C. The van der Waals surface area contributed by atoms with Crippen LogP contribution in [0.1, 0.15) is 53.9 Å². The lowest BCUT2D eigenvalue weighted by molar-refractivity contribution is 0.235. The molecule has 134 valence electrons. The molecule has 0 fully saturated rings. The zero-order valence-corrected chi connectivity index (χ0v) is 17.8. The molecular weight excluding hydrogens is 364 g/mol. The van der Waals surface area contributed by atoms with Gasteiger partial charge in [-0.2, -0.15) is 0 Å². The molecule has 22 heavy (non-hydrogen) atoms. The molecule has 0 saturated heterocycles. The van der Waals surface area contributed by atoms with E-state index in [9.17, 15) is 14.0 Å². The molecule has 3 unspecified atom stereocenters. The Morgan fingerprint density at radius 2 is 1.45 bits per heavy atom. The van der Waals surface area contributed by atoms with Crippen molar-refractivity contribution in [2.24, 2.45) is 0 Å². The van der Waals surface area contributed by atoms with Gasteiger partial charge in [0, 0.05) is 6.16 Å². The molecular formula is C12H30O6P4. The Kier molecular flexibility index (Phi) is 10.6. The molecule has 0 aliphatic rings. The van der Waals surface area contributed by atoms with Crippen LogP contribution in [0.15, 0.2) is 0 Å². The first-order valence-corrected chi connectivity index (χ1v) is 14.3. The molecule has 0 heterocycles. The molecule has 0 rings (SSSR count). The van der Waals surface area contributed by atoms with E-state index in [-0.39, 0.29) is 18.4 Å². The third-order valence-corrected chi connectivity index (χ3v) is 12.0. The quantitative estimate of drug-likeness (QED) is 0.412. The minimum absolute atomic E-state index is 0.0456. The van der Waals surface area contributed by atoms with Crippen LogP contribution in [0, 0.1) is 0 Å². The highest BCUT2D eigenvalue weighted by molar-refractivity contribution is 7.95. The Balaban J connectivity index is 5.32. The second-order valence-electron chi connectivity index (χ2n) is 5.41. The van der Waals surface area contributed by atoms with Crippen molar-refractivity contribution < 1.29 is 27.2 Å². The Bertz CT molecular complexity index is 465. The van der Waals surface area contributed by atoms with Crippen molar-refractivity contribution in [3.63, 3.8) is 0 Å². The molecule has 3 atom stereocenters. The fourth-order valence-electron chi connectivity index (χ4n) is 1.84. The summed E-state index contributed by atoms with van der Waals surface area (Å²) < 4.78 is 41.5. The van der Waals surface area contributed by atoms with Gasteiger partial charge in [0.15, 0.2) is 7.00 Å². The minimum atomic E-state index is -3.93. The van der Waals surface area contributed by atoms with Crippen LogP contribution >= 0.6 is 30.7 Å². The standard InChI is InChI=1S/C12H30O6P4/c1-6-9-20(13,14)17-21(15,10-7-2)18-22(19,11-8-3)16-12(4)5/h12,19H,6-11H2,1-5H3,(H,13,14). The van der Waals surface area contributed by atoms with Gasteiger partial charge in [0.2, 0.25) is 0 Å². The largest absolute Gasteiger partial charge is 0.343 e. The first-order chi connectivity index (χ1) is 10.0. The molecule has 0 amide bonds. The predicted octanol–water partition coefficient (Wildman–Crippen LogP) is 5.96. The van der Waals surface area contributed by atoms with E-state index in [1.807, 2.05) is 27.7 Å². The molecule has 0 saturated carbocycles. The highest BCUT2D eigenvalue weighted by Gasteiger charge is 2.38. The summed E-state index contributed by atoms with van der Waals surface area (Å²) in [6.07, 6.45) is 2.21. The fraction of sp³-hybridized carbons (Fsp3) is 1.00. The summed E-state index contributed by atoms with van der Waals surface area (Å²) in [6, 6.07) is 0. The molecule has 0 aliphatic heterocycles. The fourth-order valence-corrected chi connectivity index (χ4v) is 11.8. The Morgan fingerprint density at radius 3 is 1.86 bits per heavy atom. The molecule has 0 aromatic heterocycles. The van der Waals surface area contributed by atoms with E-state index in [1.54, 1.807) is 6.92 Å². The van der Waals surface area contributed by atoms with Crippen molar-refractivity contribution in [2.45, 2.75) is 60.0 Å². The molecule has 0 aromatic carbocycles. The lowest BCUT2D eigenvalue weighted by Gasteiger charge is -2.30. The van der Waals surface area contributed by atoms with Crippen LogP contribution in [0.25, 0.3) is 0 Å². The summed E-state index contributed by atoms with van der Waals surface area (Å²) in [4.78, 5) is 9.82. The van der Waals surface area contributed by atoms with Gasteiger partial charge in [-0.3, -0.25) is 13.4 Å². The summed E-state index contributed by atoms with van der Waals surface area (Å²) in [5, 5.41) is 0. The van der Waals surface area contributed by atoms with Gasteiger partial charge in [-0.05, 0) is 33.1 Å². The van der Waals surface area contributed by atoms with Crippen LogP contribution in [0.3, 0.4) is 0 Å².